The summed E-state index contributed by atoms with van der Waals surface area (Å²) in [6.45, 7) is 1.91. The van der Waals surface area contributed by atoms with Crippen LogP contribution in [0.3, 0.4) is 0 Å². The summed E-state index contributed by atoms with van der Waals surface area (Å²) in [4.78, 5) is 31.9. The lowest BCUT2D eigenvalue weighted by Gasteiger charge is -2.32. The van der Waals surface area contributed by atoms with E-state index in [4.69, 9.17) is 0 Å². The van der Waals surface area contributed by atoms with Crippen LogP contribution in [-0.2, 0) is 6.54 Å². The summed E-state index contributed by atoms with van der Waals surface area (Å²) in [5.74, 6) is 0.502. The van der Waals surface area contributed by atoms with Gasteiger partial charge in [0.1, 0.15) is 11.3 Å². The number of imidazole rings is 1. The summed E-state index contributed by atoms with van der Waals surface area (Å²) in [5.41, 5.74) is 4.56. The average Bonchev–Trinajstić information content (AvgIpc) is 3.73. The first-order chi connectivity index (χ1) is 18.6. The van der Waals surface area contributed by atoms with Gasteiger partial charge in [0.25, 0.3) is 5.91 Å². The molecule has 2 fully saturated rings. The van der Waals surface area contributed by atoms with Gasteiger partial charge < -0.3 is 19.9 Å². The molecule has 4 aromatic rings. The predicted molar refractivity (Wildman–Crippen MR) is 145 cm³/mol. The SMILES string of the molecule is O=C(NCc1ccn2ccnc2c1)Nc1ccc(C2CCN(C(=O)c3ccnn3C3CCCC3)CC2)cc1. The number of nitrogens with zero attached hydrogens (tertiary/aromatic N) is 5. The van der Waals surface area contributed by atoms with Gasteiger partial charge >= 0.3 is 6.03 Å². The van der Waals surface area contributed by atoms with Crippen molar-refractivity contribution in [3.05, 3.63) is 84.1 Å². The third-order valence-electron chi connectivity index (χ3n) is 7.90. The number of hydrogen-bond acceptors (Lipinski definition) is 4. The van der Waals surface area contributed by atoms with Crippen LogP contribution < -0.4 is 10.6 Å². The maximum Gasteiger partial charge on any atom is 0.319 e. The molecule has 0 unspecified atom stereocenters. The highest BCUT2D eigenvalue weighted by atomic mass is 16.2. The Balaban J connectivity index is 0.990. The predicted octanol–water partition coefficient (Wildman–Crippen LogP) is 4.99. The number of carbonyl (C=O) groups is 2. The lowest BCUT2D eigenvalue weighted by atomic mass is 9.89. The zero-order valence-electron chi connectivity index (χ0n) is 21.4. The van der Waals surface area contributed by atoms with Gasteiger partial charge in [-0.2, -0.15) is 5.10 Å². The van der Waals surface area contributed by atoms with E-state index in [0.717, 1.165) is 61.4 Å². The van der Waals surface area contributed by atoms with Crippen LogP contribution in [0.1, 0.15) is 72.1 Å². The molecule has 38 heavy (non-hydrogen) atoms. The van der Waals surface area contributed by atoms with E-state index in [0.29, 0.717) is 18.5 Å². The third-order valence-corrected chi connectivity index (χ3v) is 7.90. The number of hydrogen-bond donors (Lipinski definition) is 2. The minimum Gasteiger partial charge on any atom is -0.337 e. The number of urea groups is 1. The molecule has 0 atom stereocenters. The number of pyridine rings is 1. The van der Waals surface area contributed by atoms with E-state index >= 15 is 0 Å². The molecular weight excluding hydrogens is 478 g/mol. The van der Waals surface area contributed by atoms with E-state index in [9.17, 15) is 9.59 Å². The summed E-state index contributed by atoms with van der Waals surface area (Å²) < 4.78 is 3.89. The van der Waals surface area contributed by atoms with Gasteiger partial charge in [0, 0.05) is 50.1 Å². The normalized spacial score (nSPS) is 16.7. The fraction of sp³-hybridized carbons (Fsp3) is 0.379. The molecule has 3 aromatic heterocycles. The van der Waals surface area contributed by atoms with Gasteiger partial charge in [0.05, 0.1) is 6.04 Å². The molecule has 1 aliphatic heterocycles. The number of piperidine rings is 1. The molecule has 0 bridgehead atoms. The lowest BCUT2D eigenvalue weighted by molar-refractivity contribution is 0.0697. The maximum atomic E-state index is 13.2. The third kappa shape index (κ3) is 5.14. The highest BCUT2D eigenvalue weighted by Crippen LogP contribution is 2.32. The van der Waals surface area contributed by atoms with Crippen LogP contribution in [0.5, 0.6) is 0 Å². The van der Waals surface area contributed by atoms with E-state index in [1.807, 2.05) is 56.7 Å². The molecule has 3 amide bonds. The summed E-state index contributed by atoms with van der Waals surface area (Å²) in [6.07, 6.45) is 13.8. The number of fused-ring (bicyclic) bond motifs is 1. The van der Waals surface area contributed by atoms with E-state index in [-0.39, 0.29) is 11.9 Å². The van der Waals surface area contributed by atoms with Crippen molar-refractivity contribution >= 4 is 23.3 Å². The second-order valence-corrected chi connectivity index (χ2v) is 10.3. The van der Waals surface area contributed by atoms with Gasteiger partial charge in [-0.3, -0.25) is 9.48 Å². The van der Waals surface area contributed by atoms with Crippen molar-refractivity contribution < 1.29 is 9.59 Å². The number of anilines is 1. The molecule has 4 heterocycles. The molecule has 1 aliphatic carbocycles. The van der Waals surface area contributed by atoms with Crippen molar-refractivity contribution in [2.75, 3.05) is 18.4 Å². The van der Waals surface area contributed by atoms with Gasteiger partial charge in [-0.15, -0.1) is 0 Å². The van der Waals surface area contributed by atoms with Crippen molar-refractivity contribution in [3.8, 4) is 0 Å². The number of benzene rings is 1. The van der Waals surface area contributed by atoms with Crippen LogP contribution in [0.2, 0.25) is 0 Å². The molecule has 196 valence electrons. The van der Waals surface area contributed by atoms with Crippen LogP contribution in [0, 0.1) is 0 Å². The first kappa shape index (κ1) is 24.2. The van der Waals surface area contributed by atoms with Gasteiger partial charge in [-0.05, 0) is 73.1 Å². The summed E-state index contributed by atoms with van der Waals surface area (Å²) in [6, 6.07) is 14.0. The molecule has 9 heteroatoms. The van der Waals surface area contributed by atoms with Crippen molar-refractivity contribution in [2.24, 2.45) is 0 Å². The summed E-state index contributed by atoms with van der Waals surface area (Å²) in [7, 11) is 0. The van der Waals surface area contributed by atoms with Gasteiger partial charge in [0.2, 0.25) is 0 Å². The Morgan fingerprint density at radius 3 is 2.50 bits per heavy atom. The first-order valence-corrected chi connectivity index (χ1v) is 13.5. The maximum absolute atomic E-state index is 13.2. The van der Waals surface area contributed by atoms with Crippen LogP contribution in [0.4, 0.5) is 10.5 Å². The largest absolute Gasteiger partial charge is 0.337 e. The zero-order chi connectivity index (χ0) is 25.9. The van der Waals surface area contributed by atoms with Crippen LogP contribution in [0.15, 0.2) is 67.3 Å². The molecule has 0 radical (unpaired) electrons. The van der Waals surface area contributed by atoms with Gasteiger partial charge in [-0.1, -0.05) is 25.0 Å². The Kier molecular flexibility index (Phi) is 6.81. The molecule has 9 nitrogen and oxygen atoms in total. The van der Waals surface area contributed by atoms with E-state index < -0.39 is 0 Å². The summed E-state index contributed by atoms with van der Waals surface area (Å²) >= 11 is 0. The second kappa shape index (κ2) is 10.7. The second-order valence-electron chi connectivity index (χ2n) is 10.3. The Morgan fingerprint density at radius 2 is 1.71 bits per heavy atom. The van der Waals surface area contributed by atoms with Crippen molar-refractivity contribution in [1.29, 1.82) is 0 Å². The number of aromatic nitrogens is 4. The monoisotopic (exact) mass is 511 g/mol. The number of likely N-dealkylation sites (tertiary alicyclic amines) is 1. The molecule has 0 spiro atoms. The molecule has 2 N–H and O–H groups in total. The highest BCUT2D eigenvalue weighted by molar-refractivity contribution is 5.92. The van der Waals surface area contributed by atoms with Crippen LogP contribution >= 0.6 is 0 Å². The molecule has 1 aromatic carbocycles. The first-order valence-electron chi connectivity index (χ1n) is 13.5. The van der Waals surface area contributed by atoms with Crippen LogP contribution in [0.25, 0.3) is 5.65 Å². The Bertz CT molecular complexity index is 1410. The van der Waals surface area contributed by atoms with Gasteiger partial charge in [-0.25, -0.2) is 9.78 Å². The smallest absolute Gasteiger partial charge is 0.319 e. The quantitative estimate of drug-likeness (QED) is 0.381. The van der Waals surface area contributed by atoms with Crippen molar-refractivity contribution in [2.45, 2.75) is 57.0 Å². The molecule has 1 saturated heterocycles. The average molecular weight is 512 g/mol. The van der Waals surface area contributed by atoms with Crippen LogP contribution in [-0.4, -0.2) is 49.1 Å². The standard InChI is InChI=1S/C29H33N7O2/c37-28(26-9-13-32-36(26)25-3-1-2-4-25)35-16-11-23(12-17-35)22-5-7-24(8-6-22)33-29(38)31-20-21-10-15-34-18-14-30-27(34)19-21/h5-10,13-15,18-19,23,25H,1-4,11-12,16-17,20H2,(H2,31,33,38). The van der Waals surface area contributed by atoms with E-state index in [1.54, 1.807) is 12.4 Å². The number of carbonyl (C=O) groups excluding carboxylic acids is 2. The van der Waals surface area contributed by atoms with Crippen molar-refractivity contribution in [1.82, 2.24) is 29.4 Å². The Morgan fingerprint density at radius 1 is 0.921 bits per heavy atom. The lowest BCUT2D eigenvalue weighted by Crippen LogP contribution is -2.39. The topological polar surface area (TPSA) is 96.6 Å². The minimum atomic E-state index is -0.246. The van der Waals surface area contributed by atoms with Gasteiger partial charge in [0.15, 0.2) is 0 Å². The summed E-state index contributed by atoms with van der Waals surface area (Å²) in [5, 5.41) is 10.3. The molecule has 1 saturated carbocycles. The number of nitrogens with one attached hydrogen (secondary N) is 2. The molecule has 6 rings (SSSR count). The fourth-order valence-corrected chi connectivity index (χ4v) is 5.76. The fourth-order valence-electron chi connectivity index (χ4n) is 5.76. The Hall–Kier alpha value is -4.14. The highest BCUT2D eigenvalue weighted by Gasteiger charge is 2.28. The minimum absolute atomic E-state index is 0.100. The van der Waals surface area contributed by atoms with Crippen molar-refractivity contribution in [3.63, 3.8) is 0 Å². The molecule has 2 aliphatic rings. The van der Waals surface area contributed by atoms with E-state index in [1.165, 1.54) is 18.4 Å². The zero-order valence-corrected chi connectivity index (χ0v) is 21.4. The van der Waals surface area contributed by atoms with E-state index in [2.05, 4.69) is 32.8 Å². The number of rotatable bonds is 6. The Labute approximate surface area is 221 Å². The number of amides is 3. The molecular formula is C29H33N7O2.